The van der Waals surface area contributed by atoms with Crippen LogP contribution in [0.5, 0.6) is 5.75 Å². The van der Waals surface area contributed by atoms with E-state index in [9.17, 15) is 0 Å². The number of benzene rings is 1. The average molecular weight is 206 g/mol. The Labute approximate surface area is 86.2 Å². The fourth-order valence-corrected chi connectivity index (χ4v) is 1.88. The largest absolute Gasteiger partial charge is 0.478 e. The summed E-state index contributed by atoms with van der Waals surface area (Å²) >= 11 is 1.58. The summed E-state index contributed by atoms with van der Waals surface area (Å²) in [7, 11) is 0. The third kappa shape index (κ3) is 1.76. The van der Waals surface area contributed by atoms with Crippen molar-refractivity contribution in [1.29, 1.82) is 0 Å². The Bertz CT molecular complexity index is 400. The molecule has 0 bridgehead atoms. The lowest BCUT2D eigenvalue weighted by molar-refractivity contribution is 0.331. The van der Waals surface area contributed by atoms with Crippen LogP contribution in [0.2, 0.25) is 0 Å². The normalized spacial score (nSPS) is 10.1. The van der Waals surface area contributed by atoms with Gasteiger partial charge < -0.3 is 4.74 Å². The van der Waals surface area contributed by atoms with Crippen LogP contribution in [0.4, 0.5) is 0 Å². The van der Waals surface area contributed by atoms with Gasteiger partial charge in [-0.05, 0) is 12.1 Å². The Kier molecular flexibility index (Phi) is 2.76. The number of hydrogen-bond donors (Lipinski definition) is 1. The van der Waals surface area contributed by atoms with E-state index in [0.717, 1.165) is 16.3 Å². The molecule has 0 saturated carbocycles. The van der Waals surface area contributed by atoms with Crippen LogP contribution >= 0.6 is 11.3 Å². The zero-order valence-electron chi connectivity index (χ0n) is 7.51. The van der Waals surface area contributed by atoms with E-state index in [2.05, 4.69) is 4.98 Å². The molecule has 1 aromatic heterocycles. The van der Waals surface area contributed by atoms with Crippen LogP contribution in [0, 0.1) is 0 Å². The zero-order valence-corrected chi connectivity index (χ0v) is 8.33. The maximum Gasteiger partial charge on any atom is 0.137 e. The Morgan fingerprint density at radius 3 is 2.93 bits per heavy atom. The van der Waals surface area contributed by atoms with Crippen LogP contribution in [-0.4, -0.2) is 11.7 Å². The number of rotatable bonds is 3. The third-order valence-corrected chi connectivity index (χ3v) is 2.60. The summed E-state index contributed by atoms with van der Waals surface area (Å²) < 4.78 is 5.31. The molecule has 14 heavy (non-hydrogen) atoms. The van der Waals surface area contributed by atoms with Crippen molar-refractivity contribution < 1.29 is 4.74 Å². The van der Waals surface area contributed by atoms with Gasteiger partial charge >= 0.3 is 0 Å². The van der Waals surface area contributed by atoms with Gasteiger partial charge in [0.25, 0.3) is 0 Å². The van der Waals surface area contributed by atoms with E-state index in [1.807, 2.05) is 29.6 Å². The first-order valence-corrected chi connectivity index (χ1v) is 5.11. The van der Waals surface area contributed by atoms with E-state index in [0.29, 0.717) is 0 Å². The Morgan fingerprint density at radius 2 is 2.21 bits per heavy atom. The van der Waals surface area contributed by atoms with Gasteiger partial charge in [-0.25, -0.2) is 4.98 Å². The maximum absolute atomic E-state index is 5.34. The molecule has 1 heterocycles. The highest BCUT2D eigenvalue weighted by Gasteiger charge is 2.06. The standard InChI is InChI=1S/C10H10N2OS/c11-7-13-9-4-2-1-3-8(9)10-12-5-6-14-10/h1-6H,7,11H2. The van der Waals surface area contributed by atoms with Crippen LogP contribution in [0.1, 0.15) is 0 Å². The molecule has 3 nitrogen and oxygen atoms in total. The summed E-state index contributed by atoms with van der Waals surface area (Å²) in [6, 6.07) is 7.75. The SMILES string of the molecule is NCOc1ccccc1-c1nccs1. The predicted molar refractivity (Wildman–Crippen MR) is 57.2 cm³/mol. The monoisotopic (exact) mass is 206 g/mol. The second kappa shape index (κ2) is 4.21. The smallest absolute Gasteiger partial charge is 0.137 e. The fourth-order valence-electron chi connectivity index (χ4n) is 1.22. The van der Waals surface area contributed by atoms with Crippen LogP contribution in [0.25, 0.3) is 10.6 Å². The molecule has 2 rings (SSSR count). The zero-order chi connectivity index (χ0) is 9.80. The summed E-state index contributed by atoms with van der Waals surface area (Å²) in [5.41, 5.74) is 6.34. The van der Waals surface area contributed by atoms with Crippen LogP contribution in [0.15, 0.2) is 35.8 Å². The number of ether oxygens (including phenoxy) is 1. The van der Waals surface area contributed by atoms with Crippen molar-refractivity contribution in [3.8, 4) is 16.3 Å². The molecule has 0 aliphatic heterocycles. The first-order valence-electron chi connectivity index (χ1n) is 4.23. The first-order chi connectivity index (χ1) is 6.92. The molecular weight excluding hydrogens is 196 g/mol. The molecule has 2 aromatic rings. The summed E-state index contributed by atoms with van der Waals surface area (Å²) in [4.78, 5) is 4.23. The molecule has 0 spiro atoms. The number of hydrogen-bond acceptors (Lipinski definition) is 4. The highest BCUT2D eigenvalue weighted by Crippen LogP contribution is 2.30. The molecule has 1 aromatic carbocycles. The van der Waals surface area contributed by atoms with Gasteiger partial charge in [-0.3, -0.25) is 5.73 Å². The Morgan fingerprint density at radius 1 is 1.36 bits per heavy atom. The average Bonchev–Trinajstić information content (AvgIpc) is 2.72. The number of para-hydroxylation sites is 1. The molecule has 0 atom stereocenters. The lowest BCUT2D eigenvalue weighted by Gasteiger charge is -2.06. The number of aromatic nitrogens is 1. The molecule has 0 fully saturated rings. The molecule has 4 heteroatoms. The molecule has 0 unspecified atom stereocenters. The number of nitrogens with two attached hydrogens (primary N) is 1. The fraction of sp³-hybridized carbons (Fsp3) is 0.100. The van der Waals surface area contributed by atoms with E-state index >= 15 is 0 Å². The lowest BCUT2D eigenvalue weighted by atomic mass is 10.2. The van der Waals surface area contributed by atoms with Crippen molar-refractivity contribution in [2.45, 2.75) is 0 Å². The molecule has 0 amide bonds. The van der Waals surface area contributed by atoms with Gasteiger partial charge in [0.2, 0.25) is 0 Å². The minimum Gasteiger partial charge on any atom is -0.478 e. The molecule has 2 N–H and O–H groups in total. The number of nitrogens with zero attached hydrogens (tertiary/aromatic N) is 1. The summed E-state index contributed by atoms with van der Waals surface area (Å²) in [6.07, 6.45) is 1.78. The Balaban J connectivity index is 2.42. The molecule has 0 aliphatic rings. The van der Waals surface area contributed by atoms with Crippen molar-refractivity contribution in [1.82, 2.24) is 4.98 Å². The second-order valence-corrected chi connectivity index (χ2v) is 3.54. The molecule has 72 valence electrons. The van der Waals surface area contributed by atoms with Crippen LogP contribution in [-0.2, 0) is 0 Å². The van der Waals surface area contributed by atoms with Crippen molar-refractivity contribution in [2.24, 2.45) is 5.73 Å². The van der Waals surface area contributed by atoms with Gasteiger partial charge in [-0.2, -0.15) is 0 Å². The van der Waals surface area contributed by atoms with Gasteiger partial charge in [0.05, 0.1) is 5.56 Å². The predicted octanol–water partition coefficient (Wildman–Crippen LogP) is 2.11. The summed E-state index contributed by atoms with van der Waals surface area (Å²) in [6.45, 7) is 0.183. The molecule has 0 radical (unpaired) electrons. The van der Waals surface area contributed by atoms with Crippen molar-refractivity contribution >= 4 is 11.3 Å². The minimum atomic E-state index is 0.183. The molecule has 0 saturated heterocycles. The highest BCUT2D eigenvalue weighted by molar-refractivity contribution is 7.13. The Hall–Kier alpha value is -1.39. The minimum absolute atomic E-state index is 0.183. The maximum atomic E-state index is 5.34. The second-order valence-electron chi connectivity index (χ2n) is 2.64. The molecular formula is C10H10N2OS. The highest BCUT2D eigenvalue weighted by atomic mass is 32.1. The van der Waals surface area contributed by atoms with Gasteiger partial charge in [0.1, 0.15) is 17.5 Å². The lowest BCUT2D eigenvalue weighted by Crippen LogP contribution is -2.07. The van der Waals surface area contributed by atoms with Crippen molar-refractivity contribution in [3.05, 3.63) is 35.8 Å². The summed E-state index contributed by atoms with van der Waals surface area (Å²) in [5, 5.41) is 2.89. The first kappa shape index (κ1) is 9.18. The summed E-state index contributed by atoms with van der Waals surface area (Å²) in [5.74, 6) is 0.782. The van der Waals surface area contributed by atoms with E-state index in [4.69, 9.17) is 10.5 Å². The van der Waals surface area contributed by atoms with Crippen molar-refractivity contribution in [3.63, 3.8) is 0 Å². The van der Waals surface area contributed by atoms with E-state index in [1.54, 1.807) is 17.5 Å². The van der Waals surface area contributed by atoms with Crippen molar-refractivity contribution in [2.75, 3.05) is 6.73 Å². The van der Waals surface area contributed by atoms with E-state index < -0.39 is 0 Å². The van der Waals surface area contributed by atoms with Gasteiger partial charge in [0, 0.05) is 11.6 Å². The van der Waals surface area contributed by atoms with Crippen LogP contribution < -0.4 is 10.5 Å². The van der Waals surface area contributed by atoms with Gasteiger partial charge in [-0.15, -0.1) is 11.3 Å². The third-order valence-electron chi connectivity index (χ3n) is 1.79. The van der Waals surface area contributed by atoms with E-state index in [-0.39, 0.29) is 6.73 Å². The molecule has 0 aliphatic carbocycles. The van der Waals surface area contributed by atoms with Gasteiger partial charge in [0.15, 0.2) is 0 Å². The number of thiazole rings is 1. The van der Waals surface area contributed by atoms with Gasteiger partial charge in [-0.1, -0.05) is 12.1 Å². The topological polar surface area (TPSA) is 48.1 Å². The quantitative estimate of drug-likeness (QED) is 0.782. The van der Waals surface area contributed by atoms with Crippen LogP contribution in [0.3, 0.4) is 0 Å². The van der Waals surface area contributed by atoms with E-state index in [1.165, 1.54) is 0 Å².